The van der Waals surface area contributed by atoms with Crippen molar-refractivity contribution in [2.75, 3.05) is 26.2 Å². The summed E-state index contributed by atoms with van der Waals surface area (Å²) in [5, 5.41) is 4.32. The second-order valence-corrected chi connectivity index (χ2v) is 5.22. The first-order chi connectivity index (χ1) is 9.16. The summed E-state index contributed by atoms with van der Waals surface area (Å²) in [6, 6.07) is 6.21. The number of nitrogens with one attached hydrogen (secondary N) is 2. The number of H-pyrrole nitrogens is 1. The van der Waals surface area contributed by atoms with Crippen LogP contribution in [0.25, 0.3) is 10.9 Å². The van der Waals surface area contributed by atoms with Crippen molar-refractivity contribution in [1.29, 1.82) is 0 Å². The predicted molar refractivity (Wildman–Crippen MR) is 76.5 cm³/mol. The van der Waals surface area contributed by atoms with Crippen LogP contribution < -0.4 is 5.32 Å². The Morgan fingerprint density at radius 3 is 2.68 bits per heavy atom. The van der Waals surface area contributed by atoms with E-state index in [4.69, 9.17) is 0 Å². The smallest absolute Gasteiger partial charge is 0.256 e. The minimum Gasteiger partial charge on any atom is -0.358 e. The Labute approximate surface area is 112 Å². The highest BCUT2D eigenvalue weighted by atomic mass is 16.2. The number of aromatic amines is 1. The number of benzene rings is 1. The third kappa shape index (κ3) is 2.12. The molecule has 1 aromatic heterocycles. The van der Waals surface area contributed by atoms with Crippen molar-refractivity contribution in [3.05, 3.63) is 35.0 Å². The van der Waals surface area contributed by atoms with Crippen molar-refractivity contribution in [3.8, 4) is 0 Å². The van der Waals surface area contributed by atoms with Crippen LogP contribution in [0.4, 0.5) is 0 Å². The van der Waals surface area contributed by atoms with E-state index in [-0.39, 0.29) is 5.91 Å². The van der Waals surface area contributed by atoms with Gasteiger partial charge in [-0.25, -0.2) is 0 Å². The van der Waals surface area contributed by atoms with Gasteiger partial charge in [0.25, 0.3) is 5.91 Å². The van der Waals surface area contributed by atoms with Crippen molar-refractivity contribution in [2.24, 2.45) is 0 Å². The molecule has 2 N–H and O–H groups in total. The van der Waals surface area contributed by atoms with Gasteiger partial charge >= 0.3 is 0 Å². The fraction of sp³-hybridized carbons (Fsp3) is 0.400. The summed E-state index contributed by atoms with van der Waals surface area (Å²) in [7, 11) is 0. The van der Waals surface area contributed by atoms with Crippen molar-refractivity contribution in [1.82, 2.24) is 15.2 Å². The highest BCUT2D eigenvalue weighted by molar-refractivity contribution is 6.08. The van der Waals surface area contributed by atoms with Crippen LogP contribution in [-0.4, -0.2) is 42.0 Å². The summed E-state index contributed by atoms with van der Waals surface area (Å²) in [6.45, 7) is 7.37. The van der Waals surface area contributed by atoms with Gasteiger partial charge in [0.1, 0.15) is 0 Å². The van der Waals surface area contributed by atoms with Crippen LogP contribution in [-0.2, 0) is 0 Å². The molecule has 1 aromatic carbocycles. The van der Waals surface area contributed by atoms with E-state index in [2.05, 4.69) is 29.4 Å². The molecule has 1 amide bonds. The van der Waals surface area contributed by atoms with Gasteiger partial charge in [-0.3, -0.25) is 4.79 Å². The Morgan fingerprint density at radius 1 is 1.21 bits per heavy atom. The van der Waals surface area contributed by atoms with Crippen molar-refractivity contribution < 1.29 is 4.79 Å². The normalized spacial score (nSPS) is 16.0. The van der Waals surface area contributed by atoms with E-state index in [1.807, 2.05) is 17.9 Å². The van der Waals surface area contributed by atoms with Crippen LogP contribution in [0.2, 0.25) is 0 Å². The Hall–Kier alpha value is -1.81. The van der Waals surface area contributed by atoms with E-state index in [0.717, 1.165) is 48.3 Å². The van der Waals surface area contributed by atoms with E-state index in [1.165, 1.54) is 5.56 Å². The minimum atomic E-state index is 0.149. The molecule has 2 aromatic rings. The summed E-state index contributed by atoms with van der Waals surface area (Å²) in [6.07, 6.45) is 0. The van der Waals surface area contributed by atoms with Crippen molar-refractivity contribution in [2.45, 2.75) is 13.8 Å². The molecular formula is C15H19N3O. The zero-order valence-electron chi connectivity index (χ0n) is 11.4. The molecule has 0 saturated carbocycles. The van der Waals surface area contributed by atoms with E-state index < -0.39 is 0 Å². The number of amides is 1. The maximum Gasteiger partial charge on any atom is 0.256 e. The van der Waals surface area contributed by atoms with E-state index in [9.17, 15) is 4.79 Å². The average molecular weight is 257 g/mol. The zero-order valence-corrected chi connectivity index (χ0v) is 11.4. The quantitative estimate of drug-likeness (QED) is 0.819. The van der Waals surface area contributed by atoms with Gasteiger partial charge in [0.05, 0.1) is 5.56 Å². The molecule has 1 aliphatic rings. The molecule has 1 saturated heterocycles. The number of hydrogen-bond acceptors (Lipinski definition) is 2. The lowest BCUT2D eigenvalue weighted by Crippen LogP contribution is -2.46. The van der Waals surface area contributed by atoms with E-state index in [1.54, 1.807) is 0 Å². The number of nitrogens with zero attached hydrogens (tertiary/aromatic N) is 1. The number of aromatic nitrogens is 1. The Bertz CT molecular complexity index is 624. The molecule has 4 heteroatoms. The van der Waals surface area contributed by atoms with E-state index >= 15 is 0 Å². The third-order valence-electron chi connectivity index (χ3n) is 3.76. The number of aryl methyl sites for hydroxylation is 2. The van der Waals surface area contributed by atoms with Crippen LogP contribution in [0.5, 0.6) is 0 Å². The number of fused-ring (bicyclic) bond motifs is 1. The van der Waals surface area contributed by atoms with Crippen molar-refractivity contribution >= 4 is 16.8 Å². The maximum absolute atomic E-state index is 12.7. The topological polar surface area (TPSA) is 48.1 Å². The van der Waals surface area contributed by atoms with Crippen molar-refractivity contribution in [3.63, 3.8) is 0 Å². The number of piperazine rings is 1. The van der Waals surface area contributed by atoms with E-state index in [0.29, 0.717) is 0 Å². The fourth-order valence-electron chi connectivity index (χ4n) is 2.74. The molecule has 0 spiro atoms. The third-order valence-corrected chi connectivity index (χ3v) is 3.76. The standard InChI is InChI=1S/C15H19N3O/c1-10-3-4-13-12(9-10)14(11(2)17-13)15(19)18-7-5-16-6-8-18/h3-4,9,16-17H,5-8H2,1-2H3. The second-order valence-electron chi connectivity index (χ2n) is 5.22. The summed E-state index contributed by atoms with van der Waals surface area (Å²) in [4.78, 5) is 17.9. The molecule has 0 unspecified atom stereocenters. The lowest BCUT2D eigenvalue weighted by atomic mass is 10.1. The number of carbonyl (C=O) groups is 1. The first-order valence-electron chi connectivity index (χ1n) is 6.76. The molecule has 4 nitrogen and oxygen atoms in total. The van der Waals surface area contributed by atoms with Gasteiger partial charge in [0.2, 0.25) is 0 Å². The second kappa shape index (κ2) is 4.70. The Morgan fingerprint density at radius 2 is 1.95 bits per heavy atom. The molecule has 0 atom stereocenters. The minimum absolute atomic E-state index is 0.149. The van der Waals surface area contributed by atoms with Gasteiger partial charge in [0, 0.05) is 42.8 Å². The number of carbonyl (C=O) groups excluding carboxylic acids is 1. The monoisotopic (exact) mass is 257 g/mol. The molecule has 3 rings (SSSR count). The molecule has 100 valence electrons. The largest absolute Gasteiger partial charge is 0.358 e. The highest BCUT2D eigenvalue weighted by Gasteiger charge is 2.22. The highest BCUT2D eigenvalue weighted by Crippen LogP contribution is 2.24. The summed E-state index contributed by atoms with van der Waals surface area (Å²) in [5.74, 6) is 0.149. The average Bonchev–Trinajstić information content (AvgIpc) is 2.74. The number of rotatable bonds is 1. The fourth-order valence-corrected chi connectivity index (χ4v) is 2.74. The van der Waals surface area contributed by atoms with Gasteiger partial charge in [-0.05, 0) is 26.0 Å². The molecule has 2 heterocycles. The lowest BCUT2D eigenvalue weighted by molar-refractivity contribution is 0.0737. The van der Waals surface area contributed by atoms with Gasteiger partial charge < -0.3 is 15.2 Å². The van der Waals surface area contributed by atoms with Gasteiger partial charge in [-0.1, -0.05) is 11.6 Å². The van der Waals surface area contributed by atoms with Crippen LogP contribution in [0.15, 0.2) is 18.2 Å². The molecule has 19 heavy (non-hydrogen) atoms. The van der Waals surface area contributed by atoms with Crippen LogP contribution in [0.3, 0.4) is 0 Å². The molecule has 0 aliphatic carbocycles. The molecule has 1 fully saturated rings. The van der Waals surface area contributed by atoms with Crippen LogP contribution >= 0.6 is 0 Å². The maximum atomic E-state index is 12.7. The van der Waals surface area contributed by atoms with Gasteiger partial charge in [-0.2, -0.15) is 0 Å². The van der Waals surface area contributed by atoms with Gasteiger partial charge in [-0.15, -0.1) is 0 Å². The summed E-state index contributed by atoms with van der Waals surface area (Å²) >= 11 is 0. The Balaban J connectivity index is 2.05. The Kier molecular flexibility index (Phi) is 3.03. The molecule has 1 aliphatic heterocycles. The van der Waals surface area contributed by atoms with Gasteiger partial charge in [0.15, 0.2) is 0 Å². The molecule has 0 radical (unpaired) electrons. The first kappa shape index (κ1) is 12.2. The molecule has 0 bridgehead atoms. The first-order valence-corrected chi connectivity index (χ1v) is 6.76. The predicted octanol–water partition coefficient (Wildman–Crippen LogP) is 1.83. The SMILES string of the molecule is Cc1ccc2[nH]c(C)c(C(=O)N3CCNCC3)c2c1. The zero-order chi connectivity index (χ0) is 13.4. The summed E-state index contributed by atoms with van der Waals surface area (Å²) in [5.41, 5.74) is 4.02. The van der Waals surface area contributed by atoms with Crippen LogP contribution in [0, 0.1) is 13.8 Å². The summed E-state index contributed by atoms with van der Waals surface area (Å²) < 4.78 is 0. The molecular weight excluding hydrogens is 238 g/mol. The van der Waals surface area contributed by atoms with Crippen LogP contribution in [0.1, 0.15) is 21.6 Å². The lowest BCUT2D eigenvalue weighted by Gasteiger charge is -2.27. The number of hydrogen-bond donors (Lipinski definition) is 2.